The highest BCUT2D eigenvalue weighted by Crippen LogP contribution is 2.25. The van der Waals surface area contributed by atoms with Gasteiger partial charge in [-0.1, -0.05) is 12.1 Å². The number of hydrogen-bond donors (Lipinski definition) is 1. The SMILES string of the molecule is CNCc1ccc(SC(C)C(=O)N2CCOCC2)cc1. The van der Waals surface area contributed by atoms with Gasteiger partial charge in [0.05, 0.1) is 18.5 Å². The predicted molar refractivity (Wildman–Crippen MR) is 81.9 cm³/mol. The summed E-state index contributed by atoms with van der Waals surface area (Å²) in [7, 11) is 1.94. The molecule has 1 saturated heterocycles. The highest BCUT2D eigenvalue weighted by atomic mass is 32.2. The third kappa shape index (κ3) is 4.23. The van der Waals surface area contributed by atoms with Gasteiger partial charge in [0, 0.05) is 24.5 Å². The number of thioether (sulfide) groups is 1. The van der Waals surface area contributed by atoms with Crippen LogP contribution >= 0.6 is 11.8 Å². The molecule has 1 fully saturated rings. The molecule has 0 aromatic heterocycles. The van der Waals surface area contributed by atoms with E-state index in [1.807, 2.05) is 18.9 Å². The van der Waals surface area contributed by atoms with E-state index in [1.54, 1.807) is 11.8 Å². The maximum absolute atomic E-state index is 12.3. The van der Waals surface area contributed by atoms with Crippen LogP contribution in [0, 0.1) is 0 Å². The number of morpholine rings is 1. The van der Waals surface area contributed by atoms with Crippen LogP contribution < -0.4 is 5.32 Å². The van der Waals surface area contributed by atoms with Crippen LogP contribution in [0.3, 0.4) is 0 Å². The lowest BCUT2D eigenvalue weighted by Gasteiger charge is -2.29. The lowest BCUT2D eigenvalue weighted by atomic mass is 10.2. The Morgan fingerprint density at radius 2 is 2.00 bits per heavy atom. The number of amides is 1. The minimum atomic E-state index is -0.0525. The summed E-state index contributed by atoms with van der Waals surface area (Å²) in [5.41, 5.74) is 1.25. The highest BCUT2D eigenvalue weighted by molar-refractivity contribution is 8.00. The first-order valence-electron chi connectivity index (χ1n) is 6.97. The van der Waals surface area contributed by atoms with Crippen molar-refractivity contribution in [3.63, 3.8) is 0 Å². The van der Waals surface area contributed by atoms with Gasteiger partial charge in [0.2, 0.25) is 5.91 Å². The van der Waals surface area contributed by atoms with Gasteiger partial charge in [-0.15, -0.1) is 11.8 Å². The fourth-order valence-electron chi connectivity index (χ4n) is 2.19. The Balaban J connectivity index is 1.89. The fourth-order valence-corrected chi connectivity index (χ4v) is 3.14. The number of nitrogens with one attached hydrogen (secondary N) is 1. The molecule has 0 bridgehead atoms. The van der Waals surface area contributed by atoms with E-state index in [9.17, 15) is 4.79 Å². The second-order valence-corrected chi connectivity index (χ2v) is 6.29. The van der Waals surface area contributed by atoms with Crippen molar-refractivity contribution in [3.8, 4) is 0 Å². The number of carbonyl (C=O) groups is 1. The molecule has 20 heavy (non-hydrogen) atoms. The predicted octanol–water partition coefficient (Wildman–Crippen LogP) is 1.75. The lowest BCUT2D eigenvalue weighted by molar-refractivity contribution is -0.134. The number of carbonyl (C=O) groups excluding carboxylic acids is 1. The molecule has 0 saturated carbocycles. The van der Waals surface area contributed by atoms with Crippen molar-refractivity contribution in [3.05, 3.63) is 29.8 Å². The summed E-state index contributed by atoms with van der Waals surface area (Å²) in [5.74, 6) is 0.206. The summed E-state index contributed by atoms with van der Waals surface area (Å²) < 4.78 is 5.28. The molecule has 1 N–H and O–H groups in total. The van der Waals surface area contributed by atoms with E-state index in [0.717, 1.165) is 11.4 Å². The Labute approximate surface area is 124 Å². The van der Waals surface area contributed by atoms with E-state index < -0.39 is 0 Å². The summed E-state index contributed by atoms with van der Waals surface area (Å²) in [5, 5.41) is 3.07. The van der Waals surface area contributed by atoms with Crippen molar-refractivity contribution in [2.45, 2.75) is 23.6 Å². The minimum Gasteiger partial charge on any atom is -0.378 e. The Kier molecular flexibility index (Phi) is 5.88. The largest absolute Gasteiger partial charge is 0.378 e. The summed E-state index contributed by atoms with van der Waals surface area (Å²) in [6.45, 7) is 5.58. The Morgan fingerprint density at radius 3 is 2.60 bits per heavy atom. The summed E-state index contributed by atoms with van der Waals surface area (Å²) in [6.07, 6.45) is 0. The quantitative estimate of drug-likeness (QED) is 0.840. The van der Waals surface area contributed by atoms with Gasteiger partial charge in [0.25, 0.3) is 0 Å². The van der Waals surface area contributed by atoms with E-state index in [-0.39, 0.29) is 11.2 Å². The Morgan fingerprint density at radius 1 is 1.35 bits per heavy atom. The third-order valence-corrected chi connectivity index (χ3v) is 4.39. The molecule has 1 aliphatic rings. The second kappa shape index (κ2) is 7.67. The Bertz CT molecular complexity index is 430. The van der Waals surface area contributed by atoms with Gasteiger partial charge in [-0.2, -0.15) is 0 Å². The van der Waals surface area contributed by atoms with Crippen LogP contribution in [-0.2, 0) is 16.1 Å². The number of benzene rings is 1. The zero-order valence-corrected chi connectivity index (χ0v) is 12.9. The van der Waals surface area contributed by atoms with Gasteiger partial charge in [-0.3, -0.25) is 4.79 Å². The van der Waals surface area contributed by atoms with E-state index in [2.05, 4.69) is 29.6 Å². The molecule has 5 heteroatoms. The van der Waals surface area contributed by atoms with Crippen LogP contribution in [-0.4, -0.2) is 49.4 Å². The van der Waals surface area contributed by atoms with Gasteiger partial charge < -0.3 is 15.0 Å². The van der Waals surface area contributed by atoms with Gasteiger partial charge in [-0.05, 0) is 31.7 Å². The van der Waals surface area contributed by atoms with Crippen LogP contribution in [0.25, 0.3) is 0 Å². The maximum Gasteiger partial charge on any atom is 0.235 e. The Hall–Kier alpha value is -1.04. The number of ether oxygens (including phenoxy) is 1. The van der Waals surface area contributed by atoms with Gasteiger partial charge in [-0.25, -0.2) is 0 Å². The molecule has 1 amide bonds. The molecule has 0 spiro atoms. The second-order valence-electron chi connectivity index (χ2n) is 4.87. The average Bonchev–Trinajstić information content (AvgIpc) is 2.49. The molecule has 110 valence electrons. The molecule has 2 rings (SSSR count). The first-order chi connectivity index (χ1) is 9.70. The molecule has 1 unspecified atom stereocenters. The van der Waals surface area contributed by atoms with Crippen LogP contribution in [0.2, 0.25) is 0 Å². The van der Waals surface area contributed by atoms with E-state index in [4.69, 9.17) is 4.74 Å². The lowest BCUT2D eigenvalue weighted by Crippen LogP contribution is -2.44. The summed E-state index contributed by atoms with van der Waals surface area (Å²) in [6, 6.07) is 8.37. The van der Waals surface area contributed by atoms with Crippen molar-refractivity contribution in [1.82, 2.24) is 10.2 Å². The topological polar surface area (TPSA) is 41.6 Å². The van der Waals surface area contributed by atoms with Gasteiger partial charge in [0.1, 0.15) is 0 Å². The molecular formula is C15H22N2O2S. The van der Waals surface area contributed by atoms with Crippen molar-refractivity contribution < 1.29 is 9.53 Å². The fraction of sp³-hybridized carbons (Fsp3) is 0.533. The molecule has 1 aromatic carbocycles. The molecule has 1 aromatic rings. The van der Waals surface area contributed by atoms with Crippen molar-refractivity contribution >= 4 is 17.7 Å². The molecule has 1 atom stereocenters. The van der Waals surface area contributed by atoms with Gasteiger partial charge in [0.15, 0.2) is 0 Å². The van der Waals surface area contributed by atoms with Crippen LogP contribution in [0.1, 0.15) is 12.5 Å². The summed E-state index contributed by atoms with van der Waals surface area (Å²) in [4.78, 5) is 15.3. The zero-order valence-electron chi connectivity index (χ0n) is 12.1. The number of nitrogens with zero attached hydrogens (tertiary/aromatic N) is 1. The van der Waals surface area contributed by atoms with Crippen molar-refractivity contribution in [1.29, 1.82) is 0 Å². The average molecular weight is 294 g/mol. The van der Waals surface area contributed by atoms with Crippen LogP contribution in [0.4, 0.5) is 0 Å². The van der Waals surface area contributed by atoms with Crippen LogP contribution in [0.15, 0.2) is 29.2 Å². The normalized spacial score (nSPS) is 17.0. The zero-order chi connectivity index (χ0) is 14.4. The molecule has 1 aliphatic heterocycles. The number of rotatable bonds is 5. The molecular weight excluding hydrogens is 272 g/mol. The molecule has 1 heterocycles. The number of hydrogen-bond acceptors (Lipinski definition) is 4. The van der Waals surface area contributed by atoms with E-state index >= 15 is 0 Å². The van der Waals surface area contributed by atoms with Crippen molar-refractivity contribution in [2.75, 3.05) is 33.4 Å². The highest BCUT2D eigenvalue weighted by Gasteiger charge is 2.22. The monoisotopic (exact) mass is 294 g/mol. The molecule has 0 aliphatic carbocycles. The third-order valence-electron chi connectivity index (χ3n) is 3.29. The molecule has 0 radical (unpaired) electrons. The van der Waals surface area contributed by atoms with Gasteiger partial charge >= 0.3 is 0 Å². The van der Waals surface area contributed by atoms with Crippen molar-refractivity contribution in [2.24, 2.45) is 0 Å². The first-order valence-corrected chi connectivity index (χ1v) is 7.85. The minimum absolute atomic E-state index is 0.0525. The van der Waals surface area contributed by atoms with E-state index in [0.29, 0.717) is 26.3 Å². The van der Waals surface area contributed by atoms with E-state index in [1.165, 1.54) is 5.56 Å². The van der Waals surface area contributed by atoms with Crippen LogP contribution in [0.5, 0.6) is 0 Å². The maximum atomic E-state index is 12.3. The standard InChI is InChI=1S/C15H22N2O2S/c1-12(15(18)17-7-9-19-10-8-17)20-14-5-3-13(4-6-14)11-16-2/h3-6,12,16H,7-11H2,1-2H3. The summed E-state index contributed by atoms with van der Waals surface area (Å²) >= 11 is 1.62. The first kappa shape index (κ1) is 15.4. The molecule has 4 nitrogen and oxygen atoms in total. The smallest absolute Gasteiger partial charge is 0.235 e.